The lowest BCUT2D eigenvalue weighted by molar-refractivity contribution is -0.138. The van der Waals surface area contributed by atoms with Crippen LogP contribution in [0.15, 0.2) is 18.2 Å². The number of hydrogen-bond donors (Lipinski definition) is 0. The van der Waals surface area contributed by atoms with E-state index in [1.807, 2.05) is 0 Å². The molecule has 4 rings (SSSR count). The smallest absolute Gasteiger partial charge is 0.378 e. The summed E-state index contributed by atoms with van der Waals surface area (Å²) < 4.78 is 51.4. The molecule has 9 heteroatoms. The number of halogens is 3. The van der Waals surface area contributed by atoms with Crippen molar-refractivity contribution in [2.45, 2.75) is 43.8 Å². The second kappa shape index (κ2) is 5.55. The molecule has 148 valence electrons. The van der Waals surface area contributed by atoms with Crippen molar-refractivity contribution in [3.63, 3.8) is 0 Å². The number of methoxy groups -OCH3 is 1. The van der Waals surface area contributed by atoms with Gasteiger partial charge in [0.15, 0.2) is 0 Å². The molecule has 2 unspecified atom stereocenters. The van der Waals surface area contributed by atoms with Crippen molar-refractivity contribution in [2.75, 3.05) is 12.0 Å². The number of alkyl halides is 3. The van der Waals surface area contributed by atoms with Gasteiger partial charge in [-0.3, -0.25) is 9.59 Å². The van der Waals surface area contributed by atoms with Crippen LogP contribution in [0.1, 0.15) is 31.4 Å². The van der Waals surface area contributed by atoms with E-state index in [0.29, 0.717) is 12.5 Å². The zero-order chi connectivity index (χ0) is 20.6. The Morgan fingerprint density at radius 1 is 1.25 bits per heavy atom. The van der Waals surface area contributed by atoms with E-state index in [1.165, 1.54) is 19.2 Å². The van der Waals surface area contributed by atoms with Gasteiger partial charge in [-0.15, -0.1) is 0 Å². The summed E-state index contributed by atoms with van der Waals surface area (Å²) in [6, 6.07) is 4.32. The average molecular weight is 394 g/mol. The van der Waals surface area contributed by atoms with Crippen LogP contribution < -0.4 is 4.90 Å². The van der Waals surface area contributed by atoms with E-state index in [1.54, 1.807) is 13.8 Å². The summed E-state index contributed by atoms with van der Waals surface area (Å²) in [5, 5.41) is 8.95. The maximum Gasteiger partial charge on any atom is 0.417 e. The minimum Gasteiger partial charge on any atom is -0.378 e. The fraction of sp³-hybridized carbons (Fsp3) is 0.526. The largest absolute Gasteiger partial charge is 0.417 e. The van der Waals surface area contributed by atoms with Crippen LogP contribution in [0.2, 0.25) is 0 Å². The quantitative estimate of drug-likeness (QED) is 0.721. The maximum absolute atomic E-state index is 13.3. The van der Waals surface area contributed by atoms with Crippen LogP contribution in [0.5, 0.6) is 0 Å². The molecule has 3 heterocycles. The van der Waals surface area contributed by atoms with Crippen molar-refractivity contribution in [1.82, 2.24) is 0 Å². The average Bonchev–Trinajstić information content (AvgIpc) is 3.14. The van der Waals surface area contributed by atoms with E-state index >= 15 is 0 Å². The molecule has 0 aliphatic carbocycles. The molecule has 3 fully saturated rings. The standard InChI is InChI=1S/C19H17F3N2O4/c1-17-7-12(27-3)18(2,28-17)14-13(17)15(25)24(16(14)26)10-5-4-9(8-23)11(6-10)19(20,21)22/h4-6,12-14H,7H2,1-3H3/t12-,13+,14-,17?,18?/m0/s1. The number of fused-ring (bicyclic) bond motifs is 5. The third-order valence-corrected chi connectivity index (χ3v) is 6.24. The monoisotopic (exact) mass is 394 g/mol. The predicted molar refractivity (Wildman–Crippen MR) is 88.9 cm³/mol. The summed E-state index contributed by atoms with van der Waals surface area (Å²) in [6.07, 6.45) is -4.78. The van der Waals surface area contributed by atoms with E-state index in [0.717, 1.165) is 11.0 Å². The van der Waals surface area contributed by atoms with E-state index in [2.05, 4.69) is 0 Å². The zero-order valence-electron chi connectivity index (χ0n) is 15.3. The van der Waals surface area contributed by atoms with Gasteiger partial charge in [0.05, 0.1) is 46.4 Å². The summed E-state index contributed by atoms with van der Waals surface area (Å²) in [5.41, 5.74) is -3.92. The first-order valence-electron chi connectivity index (χ1n) is 8.70. The number of nitrogens with zero attached hydrogens (tertiary/aromatic N) is 2. The second-order valence-electron chi connectivity index (χ2n) is 7.83. The van der Waals surface area contributed by atoms with Gasteiger partial charge >= 0.3 is 6.18 Å². The number of ether oxygens (including phenoxy) is 2. The molecule has 6 nitrogen and oxygen atoms in total. The Balaban J connectivity index is 1.80. The molecule has 3 saturated heterocycles. The molecule has 0 N–H and O–H groups in total. The highest BCUT2D eigenvalue weighted by Gasteiger charge is 2.76. The van der Waals surface area contributed by atoms with Crippen LogP contribution in [0, 0.1) is 23.2 Å². The van der Waals surface area contributed by atoms with Crippen LogP contribution in [0.4, 0.5) is 18.9 Å². The van der Waals surface area contributed by atoms with Gasteiger partial charge in [-0.25, -0.2) is 4.90 Å². The summed E-state index contributed by atoms with van der Waals surface area (Å²) in [6.45, 7) is 3.43. The van der Waals surface area contributed by atoms with Gasteiger partial charge in [-0.1, -0.05) is 0 Å². The molecule has 0 spiro atoms. The molecule has 0 saturated carbocycles. The molecule has 0 aromatic heterocycles. The molecule has 0 radical (unpaired) electrons. The lowest BCUT2D eigenvalue weighted by Gasteiger charge is -2.34. The fourth-order valence-corrected chi connectivity index (χ4v) is 5.07. The Bertz CT molecular complexity index is 940. The van der Waals surface area contributed by atoms with E-state index in [9.17, 15) is 22.8 Å². The van der Waals surface area contributed by atoms with Crippen molar-refractivity contribution in [1.29, 1.82) is 5.26 Å². The molecular formula is C19H17F3N2O4. The van der Waals surface area contributed by atoms with Crippen molar-refractivity contribution in [3.05, 3.63) is 29.3 Å². The van der Waals surface area contributed by atoms with Gasteiger partial charge in [0.2, 0.25) is 11.8 Å². The topological polar surface area (TPSA) is 79.6 Å². The molecule has 28 heavy (non-hydrogen) atoms. The molecule has 3 aliphatic heterocycles. The van der Waals surface area contributed by atoms with Gasteiger partial charge < -0.3 is 9.47 Å². The molecule has 2 amide bonds. The lowest BCUT2D eigenvalue weighted by Crippen LogP contribution is -2.49. The minimum absolute atomic E-state index is 0.198. The number of nitriles is 1. The summed E-state index contributed by atoms with van der Waals surface area (Å²) in [5.74, 6) is -2.83. The number of hydrogen-bond acceptors (Lipinski definition) is 5. The second-order valence-corrected chi connectivity index (χ2v) is 7.83. The molecule has 5 atom stereocenters. The third-order valence-electron chi connectivity index (χ3n) is 6.24. The first kappa shape index (κ1) is 18.9. The van der Waals surface area contributed by atoms with Crippen LogP contribution in [0.25, 0.3) is 0 Å². The van der Waals surface area contributed by atoms with Crippen LogP contribution in [0.3, 0.4) is 0 Å². The Morgan fingerprint density at radius 3 is 2.46 bits per heavy atom. The van der Waals surface area contributed by atoms with Crippen molar-refractivity contribution in [2.24, 2.45) is 11.8 Å². The highest BCUT2D eigenvalue weighted by atomic mass is 19.4. The summed E-state index contributed by atoms with van der Waals surface area (Å²) >= 11 is 0. The van der Waals surface area contributed by atoms with E-state index < -0.39 is 58.3 Å². The lowest BCUT2D eigenvalue weighted by atomic mass is 9.67. The summed E-state index contributed by atoms with van der Waals surface area (Å²) in [7, 11) is 1.49. The number of carbonyl (C=O) groups is 2. The van der Waals surface area contributed by atoms with Crippen molar-refractivity contribution < 1.29 is 32.2 Å². The first-order valence-corrected chi connectivity index (χ1v) is 8.70. The maximum atomic E-state index is 13.3. The van der Waals surface area contributed by atoms with Gasteiger partial charge in [0, 0.05) is 13.5 Å². The molecule has 2 bridgehead atoms. The Hall–Kier alpha value is -2.44. The van der Waals surface area contributed by atoms with Crippen molar-refractivity contribution >= 4 is 17.5 Å². The van der Waals surface area contributed by atoms with Crippen LogP contribution in [-0.4, -0.2) is 36.2 Å². The minimum atomic E-state index is -4.79. The Labute approximate surface area is 158 Å². The molecule has 1 aromatic rings. The van der Waals surface area contributed by atoms with Crippen LogP contribution >= 0.6 is 0 Å². The summed E-state index contributed by atoms with van der Waals surface area (Å²) in [4.78, 5) is 27.0. The van der Waals surface area contributed by atoms with Crippen molar-refractivity contribution in [3.8, 4) is 6.07 Å². The number of imide groups is 1. The zero-order valence-corrected chi connectivity index (χ0v) is 15.3. The number of anilines is 1. The van der Waals surface area contributed by atoms with E-state index in [-0.39, 0.29) is 5.69 Å². The predicted octanol–water partition coefficient (Wildman–Crippen LogP) is 2.65. The van der Waals surface area contributed by atoms with Gasteiger partial charge in [0.25, 0.3) is 0 Å². The highest BCUT2D eigenvalue weighted by Crippen LogP contribution is 2.61. The molecule has 3 aliphatic rings. The normalized spacial score (nSPS) is 36.8. The Morgan fingerprint density at radius 2 is 1.89 bits per heavy atom. The SMILES string of the molecule is CO[C@H]1CC2(C)OC1(C)[C@@H]1C(=O)N(c3ccc(C#N)c(C(F)(F)F)c3)C(=O)[C@@H]12. The van der Waals surface area contributed by atoms with Crippen LogP contribution in [-0.2, 0) is 25.2 Å². The third kappa shape index (κ3) is 2.22. The number of benzene rings is 1. The Kier molecular flexibility index (Phi) is 3.75. The fourth-order valence-electron chi connectivity index (χ4n) is 5.07. The highest BCUT2D eigenvalue weighted by molar-refractivity contribution is 6.23. The molecular weight excluding hydrogens is 377 g/mol. The van der Waals surface area contributed by atoms with Gasteiger partial charge in [-0.2, -0.15) is 18.4 Å². The van der Waals surface area contributed by atoms with Gasteiger partial charge in [0.1, 0.15) is 5.60 Å². The van der Waals surface area contributed by atoms with Gasteiger partial charge in [-0.05, 0) is 32.0 Å². The first-order chi connectivity index (χ1) is 13.0. The number of amides is 2. The number of carbonyl (C=O) groups excluding carboxylic acids is 2. The molecule has 1 aromatic carbocycles. The van der Waals surface area contributed by atoms with E-state index in [4.69, 9.17) is 14.7 Å². The number of rotatable bonds is 2.